The van der Waals surface area contributed by atoms with Gasteiger partial charge in [-0.05, 0) is 47.9 Å². The Kier molecular flexibility index (Phi) is 4.85. The fourth-order valence-corrected chi connectivity index (χ4v) is 3.27. The molecule has 2 aromatic carbocycles. The fourth-order valence-electron chi connectivity index (χ4n) is 3.27. The number of hydrogen-bond donors (Lipinski definition) is 2. The number of pyridine rings is 1. The van der Waals surface area contributed by atoms with E-state index in [9.17, 15) is 9.18 Å². The maximum absolute atomic E-state index is 14.4. The molecule has 140 valence electrons. The summed E-state index contributed by atoms with van der Waals surface area (Å²) in [7, 11) is 0. The molecule has 6 heteroatoms. The topological polar surface area (TPSA) is 66.4 Å². The van der Waals surface area contributed by atoms with Crippen molar-refractivity contribution in [1.29, 1.82) is 0 Å². The van der Waals surface area contributed by atoms with Gasteiger partial charge < -0.3 is 10.6 Å². The zero-order valence-electron chi connectivity index (χ0n) is 15.3. The summed E-state index contributed by atoms with van der Waals surface area (Å²) in [5, 5.41) is 5.91. The average molecular weight is 374 g/mol. The second-order valence-corrected chi connectivity index (χ2v) is 6.66. The van der Waals surface area contributed by atoms with Crippen molar-refractivity contribution in [2.24, 2.45) is 4.99 Å². The fraction of sp³-hybridized carbons (Fsp3) is 0.136. The number of carbonyl (C=O) groups excluding carboxylic acids is 1. The van der Waals surface area contributed by atoms with E-state index in [0.717, 1.165) is 22.4 Å². The first-order valence-corrected chi connectivity index (χ1v) is 8.99. The smallest absolute Gasteiger partial charge is 0.237 e. The third-order valence-corrected chi connectivity index (χ3v) is 4.71. The van der Waals surface area contributed by atoms with Crippen molar-refractivity contribution in [3.63, 3.8) is 0 Å². The normalized spacial score (nSPS) is 15.5. The molecular weight excluding hydrogens is 355 g/mol. The largest absolute Gasteiger partial charge is 0.379 e. The number of aromatic nitrogens is 1. The van der Waals surface area contributed by atoms with Crippen LogP contribution in [-0.2, 0) is 11.3 Å². The highest BCUT2D eigenvalue weighted by Crippen LogP contribution is 2.34. The summed E-state index contributed by atoms with van der Waals surface area (Å²) in [6.07, 6.45) is 5.00. The molecule has 0 saturated carbocycles. The zero-order valence-corrected chi connectivity index (χ0v) is 15.3. The van der Waals surface area contributed by atoms with Crippen LogP contribution < -0.4 is 10.6 Å². The number of nitrogens with one attached hydrogen (secondary N) is 2. The molecule has 1 aliphatic rings. The number of fused-ring (bicyclic) bond motifs is 1. The maximum atomic E-state index is 14.4. The van der Waals surface area contributed by atoms with Crippen molar-refractivity contribution < 1.29 is 9.18 Å². The lowest BCUT2D eigenvalue weighted by atomic mass is 9.97. The zero-order chi connectivity index (χ0) is 19.5. The highest BCUT2D eigenvalue weighted by Gasteiger charge is 2.30. The van der Waals surface area contributed by atoms with Gasteiger partial charge in [-0.25, -0.2) is 4.39 Å². The minimum Gasteiger partial charge on any atom is -0.379 e. The maximum Gasteiger partial charge on any atom is 0.237 e. The predicted octanol–water partition coefficient (Wildman–Crippen LogP) is 4.58. The van der Waals surface area contributed by atoms with E-state index < -0.39 is 11.7 Å². The second kappa shape index (κ2) is 7.60. The van der Waals surface area contributed by atoms with Crippen molar-refractivity contribution >= 4 is 29.2 Å². The van der Waals surface area contributed by atoms with Gasteiger partial charge in [-0.15, -0.1) is 0 Å². The number of benzene rings is 2. The molecule has 0 aliphatic carbocycles. The van der Waals surface area contributed by atoms with Crippen LogP contribution in [0.25, 0.3) is 0 Å². The van der Waals surface area contributed by atoms with E-state index >= 15 is 0 Å². The highest BCUT2D eigenvalue weighted by molar-refractivity contribution is 6.13. The van der Waals surface area contributed by atoms with E-state index in [-0.39, 0.29) is 5.91 Å². The molecule has 3 aromatic rings. The monoisotopic (exact) mass is 374 g/mol. The van der Waals surface area contributed by atoms with Crippen LogP contribution in [-0.4, -0.2) is 17.1 Å². The van der Waals surface area contributed by atoms with Crippen LogP contribution in [0.2, 0.25) is 0 Å². The number of rotatable bonds is 5. The third-order valence-electron chi connectivity index (χ3n) is 4.71. The Bertz CT molecular complexity index is 1050. The molecule has 0 saturated heterocycles. The Morgan fingerprint density at radius 1 is 1.25 bits per heavy atom. The molecule has 1 unspecified atom stereocenters. The van der Waals surface area contributed by atoms with Gasteiger partial charge in [-0.3, -0.25) is 14.8 Å². The molecule has 1 aromatic heterocycles. The standard InChI is InChI=1S/C22H19FN4O/c1-14-4-2-6-20-21(14)17(22(28)27-20)13-25-16-7-8-19(18(23)10-16)26-12-15-5-3-9-24-11-15/h2-11,13,17,26H,12H2,1H3,(H,27,28). The SMILES string of the molecule is Cc1cccc2c1C(C=Nc1ccc(NCc3cccnc3)c(F)c1)C(=O)N2. The van der Waals surface area contributed by atoms with Gasteiger partial charge in [0.1, 0.15) is 11.7 Å². The van der Waals surface area contributed by atoms with E-state index in [2.05, 4.69) is 20.6 Å². The Hall–Kier alpha value is -3.54. The molecule has 28 heavy (non-hydrogen) atoms. The summed E-state index contributed by atoms with van der Waals surface area (Å²) in [4.78, 5) is 20.6. The van der Waals surface area contributed by atoms with Crippen molar-refractivity contribution in [1.82, 2.24) is 4.98 Å². The van der Waals surface area contributed by atoms with Gasteiger partial charge in [-0.1, -0.05) is 18.2 Å². The molecule has 1 aliphatic heterocycles. The van der Waals surface area contributed by atoms with Gasteiger partial charge in [0.25, 0.3) is 0 Å². The molecular formula is C22H19FN4O. The summed E-state index contributed by atoms with van der Waals surface area (Å²) in [6, 6.07) is 14.2. The summed E-state index contributed by atoms with van der Waals surface area (Å²) < 4.78 is 14.4. The summed E-state index contributed by atoms with van der Waals surface area (Å²) >= 11 is 0. The lowest BCUT2D eigenvalue weighted by Gasteiger charge is -2.08. The molecule has 4 rings (SSSR count). The van der Waals surface area contributed by atoms with E-state index in [1.807, 2.05) is 37.3 Å². The van der Waals surface area contributed by atoms with Crippen LogP contribution in [0, 0.1) is 12.7 Å². The summed E-state index contributed by atoms with van der Waals surface area (Å²) in [5.41, 5.74) is 4.56. The van der Waals surface area contributed by atoms with Gasteiger partial charge in [0.15, 0.2) is 0 Å². The minimum atomic E-state index is -0.470. The number of halogens is 1. The molecule has 1 atom stereocenters. The molecule has 2 N–H and O–H groups in total. The third kappa shape index (κ3) is 3.62. The molecule has 0 bridgehead atoms. The van der Waals surface area contributed by atoms with Crippen LogP contribution in [0.3, 0.4) is 0 Å². The van der Waals surface area contributed by atoms with Gasteiger partial charge >= 0.3 is 0 Å². The number of nitrogens with zero attached hydrogens (tertiary/aromatic N) is 2. The van der Waals surface area contributed by atoms with Crippen LogP contribution in [0.1, 0.15) is 22.6 Å². The van der Waals surface area contributed by atoms with Crippen LogP contribution >= 0.6 is 0 Å². The first kappa shape index (κ1) is 17.9. The lowest BCUT2D eigenvalue weighted by Crippen LogP contribution is -2.13. The Morgan fingerprint density at radius 2 is 2.14 bits per heavy atom. The molecule has 0 spiro atoms. The number of carbonyl (C=O) groups is 1. The number of aliphatic imine (C=N–C) groups is 1. The molecule has 5 nitrogen and oxygen atoms in total. The van der Waals surface area contributed by atoms with Gasteiger partial charge in [0, 0.05) is 36.9 Å². The van der Waals surface area contributed by atoms with E-state index in [4.69, 9.17) is 0 Å². The van der Waals surface area contributed by atoms with Gasteiger partial charge in [0.05, 0.1) is 11.4 Å². The molecule has 2 heterocycles. The van der Waals surface area contributed by atoms with E-state index in [0.29, 0.717) is 17.9 Å². The molecule has 1 amide bonds. The molecule has 0 fully saturated rings. The predicted molar refractivity (Wildman–Crippen MR) is 109 cm³/mol. The van der Waals surface area contributed by atoms with Gasteiger partial charge in [0.2, 0.25) is 5.91 Å². The average Bonchev–Trinajstić information content (AvgIpc) is 3.03. The first-order chi connectivity index (χ1) is 13.6. The van der Waals surface area contributed by atoms with Crippen LogP contribution in [0.5, 0.6) is 0 Å². The van der Waals surface area contributed by atoms with Crippen molar-refractivity contribution in [3.05, 3.63) is 83.4 Å². The number of hydrogen-bond acceptors (Lipinski definition) is 4. The summed E-state index contributed by atoms with van der Waals surface area (Å²) in [6.45, 7) is 2.44. The number of amides is 1. The first-order valence-electron chi connectivity index (χ1n) is 8.99. The Labute approximate surface area is 162 Å². The molecule has 0 radical (unpaired) electrons. The van der Waals surface area contributed by atoms with Crippen LogP contribution in [0.15, 0.2) is 65.9 Å². The minimum absolute atomic E-state index is 0.122. The second-order valence-electron chi connectivity index (χ2n) is 6.66. The van der Waals surface area contributed by atoms with E-state index in [1.54, 1.807) is 30.7 Å². The van der Waals surface area contributed by atoms with Crippen molar-refractivity contribution in [2.45, 2.75) is 19.4 Å². The number of anilines is 2. The van der Waals surface area contributed by atoms with E-state index in [1.165, 1.54) is 6.07 Å². The van der Waals surface area contributed by atoms with Crippen molar-refractivity contribution in [3.8, 4) is 0 Å². The quantitative estimate of drug-likeness (QED) is 0.643. The van der Waals surface area contributed by atoms with Crippen molar-refractivity contribution in [2.75, 3.05) is 10.6 Å². The Balaban J connectivity index is 1.49. The van der Waals surface area contributed by atoms with Gasteiger partial charge in [-0.2, -0.15) is 0 Å². The highest BCUT2D eigenvalue weighted by atomic mass is 19.1. The van der Waals surface area contributed by atoms with Crippen LogP contribution in [0.4, 0.5) is 21.5 Å². The Morgan fingerprint density at radius 3 is 2.93 bits per heavy atom. The summed E-state index contributed by atoms with van der Waals surface area (Å²) in [5.74, 6) is -0.989. The number of aryl methyl sites for hydroxylation is 1. The lowest BCUT2D eigenvalue weighted by molar-refractivity contribution is -0.115.